The molecular weight excluding hydrogens is 283 g/mol. The summed E-state index contributed by atoms with van der Waals surface area (Å²) in [6, 6.07) is 2.34. The van der Waals surface area contributed by atoms with Gasteiger partial charge in [0.25, 0.3) is 5.69 Å². The number of rotatable bonds is 7. The van der Waals surface area contributed by atoms with Gasteiger partial charge in [0.15, 0.2) is 0 Å². The zero-order chi connectivity index (χ0) is 15.3. The summed E-state index contributed by atoms with van der Waals surface area (Å²) in [4.78, 5) is 10.5. The van der Waals surface area contributed by atoms with Gasteiger partial charge in [-0.1, -0.05) is 32.4 Å². The SMILES string of the molecule is CCNC(Cc1cc(F)c(Cl)cc1[N+](=O)[O-])CC(C)C. The zero-order valence-electron chi connectivity index (χ0n) is 12.0. The van der Waals surface area contributed by atoms with Crippen molar-refractivity contribution in [3.63, 3.8) is 0 Å². The Morgan fingerprint density at radius 2 is 2.10 bits per heavy atom. The Morgan fingerprint density at radius 1 is 1.45 bits per heavy atom. The monoisotopic (exact) mass is 302 g/mol. The molecule has 1 aromatic rings. The smallest absolute Gasteiger partial charge is 0.274 e. The third-order valence-corrected chi connectivity index (χ3v) is 3.32. The molecule has 1 unspecified atom stereocenters. The molecule has 0 fully saturated rings. The predicted molar refractivity (Wildman–Crippen MR) is 78.7 cm³/mol. The Bertz CT molecular complexity index is 480. The Labute approximate surface area is 123 Å². The molecule has 1 rings (SSSR count). The minimum atomic E-state index is -0.618. The lowest BCUT2D eigenvalue weighted by molar-refractivity contribution is -0.385. The van der Waals surface area contributed by atoms with Gasteiger partial charge in [0.2, 0.25) is 0 Å². The number of benzene rings is 1. The quantitative estimate of drug-likeness (QED) is 0.613. The normalized spacial score (nSPS) is 12.7. The average Bonchev–Trinajstić information content (AvgIpc) is 2.32. The molecule has 112 valence electrons. The fraction of sp³-hybridized carbons (Fsp3) is 0.571. The maximum atomic E-state index is 13.5. The maximum Gasteiger partial charge on any atom is 0.274 e. The van der Waals surface area contributed by atoms with Crippen LogP contribution in [0.4, 0.5) is 10.1 Å². The number of nitro groups is 1. The molecule has 0 aliphatic rings. The van der Waals surface area contributed by atoms with E-state index in [9.17, 15) is 14.5 Å². The molecule has 0 amide bonds. The molecule has 0 saturated carbocycles. The summed E-state index contributed by atoms with van der Waals surface area (Å²) in [5.74, 6) is -0.165. The van der Waals surface area contributed by atoms with E-state index in [-0.39, 0.29) is 16.8 Å². The topological polar surface area (TPSA) is 55.2 Å². The van der Waals surface area contributed by atoms with Gasteiger partial charge in [-0.15, -0.1) is 0 Å². The van der Waals surface area contributed by atoms with E-state index in [1.165, 1.54) is 6.07 Å². The molecular formula is C14H20ClFN2O2. The second-order valence-electron chi connectivity index (χ2n) is 5.24. The van der Waals surface area contributed by atoms with Crippen LogP contribution in [-0.2, 0) is 6.42 Å². The van der Waals surface area contributed by atoms with Crippen LogP contribution in [0.2, 0.25) is 5.02 Å². The van der Waals surface area contributed by atoms with Crippen molar-refractivity contribution < 1.29 is 9.31 Å². The predicted octanol–water partition coefficient (Wildman–Crippen LogP) is 3.95. The number of nitro benzene ring substituents is 1. The standard InChI is InChI=1S/C14H20ClFN2O2/c1-4-17-11(5-9(2)3)6-10-7-13(16)12(15)8-14(10)18(19)20/h7-9,11,17H,4-6H2,1-3H3. The van der Waals surface area contributed by atoms with Crippen LogP contribution in [-0.4, -0.2) is 17.5 Å². The first-order valence-corrected chi connectivity index (χ1v) is 7.08. The van der Waals surface area contributed by atoms with Crippen LogP contribution >= 0.6 is 11.6 Å². The molecule has 4 nitrogen and oxygen atoms in total. The van der Waals surface area contributed by atoms with E-state index >= 15 is 0 Å². The second-order valence-corrected chi connectivity index (χ2v) is 5.65. The van der Waals surface area contributed by atoms with Crippen LogP contribution in [0, 0.1) is 21.8 Å². The fourth-order valence-corrected chi connectivity index (χ4v) is 2.43. The van der Waals surface area contributed by atoms with Crippen molar-refractivity contribution in [2.24, 2.45) is 5.92 Å². The van der Waals surface area contributed by atoms with Crippen molar-refractivity contribution in [3.05, 3.63) is 38.7 Å². The first-order chi connectivity index (χ1) is 9.35. The number of halogens is 2. The van der Waals surface area contributed by atoms with Crippen molar-refractivity contribution in [1.29, 1.82) is 0 Å². The first kappa shape index (κ1) is 16.9. The van der Waals surface area contributed by atoms with Gasteiger partial charge in [-0.05, 0) is 31.4 Å². The van der Waals surface area contributed by atoms with Crippen LogP contribution < -0.4 is 5.32 Å². The third kappa shape index (κ3) is 4.72. The van der Waals surface area contributed by atoms with E-state index < -0.39 is 10.7 Å². The van der Waals surface area contributed by atoms with Gasteiger partial charge in [0, 0.05) is 17.7 Å². The first-order valence-electron chi connectivity index (χ1n) is 6.70. The van der Waals surface area contributed by atoms with Gasteiger partial charge in [-0.2, -0.15) is 0 Å². The lowest BCUT2D eigenvalue weighted by Crippen LogP contribution is -2.32. The van der Waals surface area contributed by atoms with E-state index in [2.05, 4.69) is 19.2 Å². The van der Waals surface area contributed by atoms with Gasteiger partial charge >= 0.3 is 0 Å². The Morgan fingerprint density at radius 3 is 2.60 bits per heavy atom. The third-order valence-electron chi connectivity index (χ3n) is 3.03. The highest BCUT2D eigenvalue weighted by atomic mass is 35.5. The van der Waals surface area contributed by atoms with Crippen molar-refractivity contribution in [1.82, 2.24) is 5.32 Å². The van der Waals surface area contributed by atoms with Crippen molar-refractivity contribution in [3.8, 4) is 0 Å². The van der Waals surface area contributed by atoms with Crippen LogP contribution in [0.15, 0.2) is 12.1 Å². The summed E-state index contributed by atoms with van der Waals surface area (Å²) in [5.41, 5.74) is 0.256. The molecule has 0 aliphatic heterocycles. The molecule has 0 heterocycles. The number of hydrogen-bond donors (Lipinski definition) is 1. The molecule has 1 aromatic carbocycles. The van der Waals surface area contributed by atoms with Crippen LogP contribution in [0.25, 0.3) is 0 Å². The van der Waals surface area contributed by atoms with Gasteiger partial charge in [0.1, 0.15) is 5.82 Å². The molecule has 0 saturated heterocycles. The minimum absolute atomic E-state index is 0.0827. The molecule has 0 spiro atoms. The van der Waals surface area contributed by atoms with Crippen LogP contribution in [0.5, 0.6) is 0 Å². The summed E-state index contributed by atoms with van der Waals surface area (Å²) in [7, 11) is 0. The summed E-state index contributed by atoms with van der Waals surface area (Å²) < 4.78 is 13.5. The van der Waals surface area contributed by atoms with Gasteiger partial charge < -0.3 is 5.32 Å². The summed E-state index contributed by atoms with van der Waals surface area (Å²) in [6.07, 6.45) is 1.28. The van der Waals surface area contributed by atoms with Gasteiger partial charge in [0.05, 0.1) is 9.95 Å². The Balaban J connectivity index is 3.04. The minimum Gasteiger partial charge on any atom is -0.314 e. The molecule has 0 aromatic heterocycles. The highest BCUT2D eigenvalue weighted by Crippen LogP contribution is 2.28. The maximum absolute atomic E-state index is 13.5. The van der Waals surface area contributed by atoms with Crippen LogP contribution in [0.3, 0.4) is 0 Å². The van der Waals surface area contributed by atoms with E-state index in [1.807, 2.05) is 6.92 Å². The Kier molecular flexibility index (Phi) is 6.36. The second kappa shape index (κ2) is 7.55. The molecule has 20 heavy (non-hydrogen) atoms. The van der Waals surface area contributed by atoms with Crippen molar-refractivity contribution >= 4 is 17.3 Å². The molecule has 6 heteroatoms. The molecule has 0 aliphatic carbocycles. The van der Waals surface area contributed by atoms with Gasteiger partial charge in [-0.3, -0.25) is 10.1 Å². The lowest BCUT2D eigenvalue weighted by atomic mass is 9.96. The number of likely N-dealkylation sites (N-methyl/N-ethyl adjacent to an activating group) is 1. The molecule has 0 radical (unpaired) electrons. The zero-order valence-corrected chi connectivity index (χ0v) is 12.7. The highest BCUT2D eigenvalue weighted by Gasteiger charge is 2.21. The molecule has 1 N–H and O–H groups in total. The van der Waals surface area contributed by atoms with Crippen LogP contribution in [0.1, 0.15) is 32.8 Å². The molecule has 0 bridgehead atoms. The molecule has 1 atom stereocenters. The highest BCUT2D eigenvalue weighted by molar-refractivity contribution is 6.31. The summed E-state index contributed by atoms with van der Waals surface area (Å²) in [6.45, 7) is 6.91. The van der Waals surface area contributed by atoms with E-state index in [0.29, 0.717) is 17.9 Å². The summed E-state index contributed by atoms with van der Waals surface area (Å²) in [5, 5.41) is 14.1. The fourth-order valence-electron chi connectivity index (χ4n) is 2.27. The Hall–Kier alpha value is -1.20. The van der Waals surface area contributed by atoms with E-state index in [4.69, 9.17) is 11.6 Å². The van der Waals surface area contributed by atoms with E-state index in [0.717, 1.165) is 19.0 Å². The average molecular weight is 303 g/mol. The number of nitrogens with one attached hydrogen (secondary N) is 1. The largest absolute Gasteiger partial charge is 0.314 e. The lowest BCUT2D eigenvalue weighted by Gasteiger charge is -2.20. The number of nitrogens with zero attached hydrogens (tertiary/aromatic N) is 1. The summed E-state index contributed by atoms with van der Waals surface area (Å²) >= 11 is 5.62. The van der Waals surface area contributed by atoms with Crippen molar-refractivity contribution in [2.75, 3.05) is 6.54 Å². The van der Waals surface area contributed by atoms with Gasteiger partial charge in [-0.25, -0.2) is 4.39 Å². The number of hydrogen-bond acceptors (Lipinski definition) is 3. The van der Waals surface area contributed by atoms with E-state index in [1.54, 1.807) is 0 Å². The van der Waals surface area contributed by atoms with Crippen molar-refractivity contribution in [2.45, 2.75) is 39.7 Å².